The molecule has 7 nitrogen and oxygen atoms in total. The predicted molar refractivity (Wildman–Crippen MR) is 123 cm³/mol. The van der Waals surface area contributed by atoms with Gasteiger partial charge in [-0.3, -0.25) is 9.89 Å². The van der Waals surface area contributed by atoms with Crippen molar-refractivity contribution in [2.75, 3.05) is 7.11 Å². The first-order chi connectivity index (χ1) is 16.1. The van der Waals surface area contributed by atoms with E-state index in [0.29, 0.717) is 29.4 Å². The zero-order valence-corrected chi connectivity index (χ0v) is 17.8. The summed E-state index contributed by atoms with van der Waals surface area (Å²) in [6.07, 6.45) is 1.50. The Hall–Kier alpha value is -4.46. The van der Waals surface area contributed by atoms with Crippen LogP contribution >= 0.6 is 0 Å². The molecule has 0 saturated carbocycles. The minimum atomic E-state index is -0.457. The van der Waals surface area contributed by atoms with Crippen LogP contribution in [0, 0.1) is 5.82 Å². The second-order valence-corrected chi connectivity index (χ2v) is 7.06. The quantitative estimate of drug-likeness (QED) is 0.308. The number of nitrogens with zero attached hydrogens (tertiary/aromatic N) is 2. The zero-order chi connectivity index (χ0) is 23.0. The maximum atomic E-state index is 13.1. The van der Waals surface area contributed by atoms with Gasteiger partial charge in [-0.05, 0) is 59.7 Å². The predicted octanol–water partition coefficient (Wildman–Crippen LogP) is 4.57. The Morgan fingerprint density at radius 3 is 2.61 bits per heavy atom. The highest BCUT2D eigenvalue weighted by molar-refractivity contribution is 5.94. The summed E-state index contributed by atoms with van der Waals surface area (Å²) >= 11 is 0. The Bertz CT molecular complexity index is 1250. The molecule has 0 aliphatic heterocycles. The van der Waals surface area contributed by atoms with Crippen LogP contribution in [0.1, 0.15) is 21.6 Å². The smallest absolute Gasteiger partial charge is 0.289 e. The number of carbonyl (C=O) groups is 1. The van der Waals surface area contributed by atoms with Gasteiger partial charge in [-0.1, -0.05) is 30.3 Å². The van der Waals surface area contributed by atoms with Crippen LogP contribution in [0.4, 0.5) is 4.39 Å². The van der Waals surface area contributed by atoms with Crippen molar-refractivity contribution in [3.63, 3.8) is 0 Å². The minimum absolute atomic E-state index is 0.230. The van der Waals surface area contributed by atoms with E-state index < -0.39 is 5.91 Å². The number of ether oxygens (including phenoxy) is 2. The van der Waals surface area contributed by atoms with Gasteiger partial charge < -0.3 is 9.47 Å². The number of methoxy groups -OCH3 is 1. The van der Waals surface area contributed by atoms with Crippen LogP contribution in [0.25, 0.3) is 11.3 Å². The highest BCUT2D eigenvalue weighted by atomic mass is 19.1. The summed E-state index contributed by atoms with van der Waals surface area (Å²) in [5, 5.41) is 10.8. The normalized spacial score (nSPS) is 10.8. The first-order valence-corrected chi connectivity index (χ1v) is 10.1. The number of aromatic amines is 1. The maximum absolute atomic E-state index is 13.1. The summed E-state index contributed by atoms with van der Waals surface area (Å²) in [6.45, 7) is 0.394. The average Bonchev–Trinajstić information content (AvgIpc) is 3.34. The second kappa shape index (κ2) is 10.2. The highest BCUT2D eigenvalue weighted by Gasteiger charge is 2.11. The first-order valence-electron chi connectivity index (χ1n) is 10.1. The molecule has 0 aliphatic carbocycles. The summed E-state index contributed by atoms with van der Waals surface area (Å²) in [6, 6.07) is 22.6. The molecule has 0 saturated heterocycles. The molecular formula is C25H21FN4O3. The van der Waals surface area contributed by atoms with Crippen LogP contribution in [-0.2, 0) is 6.61 Å². The number of carbonyl (C=O) groups excluding carboxylic acids is 1. The molecule has 8 heteroatoms. The van der Waals surface area contributed by atoms with E-state index in [1.807, 2.05) is 30.3 Å². The number of benzene rings is 3. The third kappa shape index (κ3) is 5.62. The molecule has 0 atom stereocenters. The number of hydrogen-bond donors (Lipinski definition) is 2. The molecule has 3 aromatic carbocycles. The minimum Gasteiger partial charge on any atom is -0.493 e. The fraction of sp³-hybridized carbons (Fsp3) is 0.0800. The molecule has 33 heavy (non-hydrogen) atoms. The van der Waals surface area contributed by atoms with Crippen molar-refractivity contribution in [1.82, 2.24) is 15.6 Å². The van der Waals surface area contributed by atoms with Crippen molar-refractivity contribution < 1.29 is 18.7 Å². The lowest BCUT2D eigenvalue weighted by Gasteiger charge is -2.11. The second-order valence-electron chi connectivity index (χ2n) is 7.06. The Labute approximate surface area is 189 Å². The van der Waals surface area contributed by atoms with Gasteiger partial charge in [0.05, 0.1) is 19.0 Å². The van der Waals surface area contributed by atoms with Crippen LogP contribution in [0.3, 0.4) is 0 Å². The van der Waals surface area contributed by atoms with Gasteiger partial charge in [-0.15, -0.1) is 0 Å². The summed E-state index contributed by atoms with van der Waals surface area (Å²) in [5.74, 6) is 0.363. The number of nitrogens with one attached hydrogen (secondary N) is 2. The SMILES string of the molecule is COc1ccc(C=NNC(=O)c2cc(-c3ccc(F)cc3)n[nH]2)cc1OCc1ccccc1. The van der Waals surface area contributed by atoms with E-state index >= 15 is 0 Å². The number of rotatable bonds is 8. The lowest BCUT2D eigenvalue weighted by Crippen LogP contribution is -2.18. The highest BCUT2D eigenvalue weighted by Crippen LogP contribution is 2.28. The lowest BCUT2D eigenvalue weighted by atomic mass is 10.1. The molecule has 0 unspecified atom stereocenters. The summed E-state index contributed by atoms with van der Waals surface area (Å²) < 4.78 is 24.3. The van der Waals surface area contributed by atoms with Crippen LogP contribution < -0.4 is 14.9 Å². The summed E-state index contributed by atoms with van der Waals surface area (Å²) in [7, 11) is 1.57. The molecule has 1 aromatic heterocycles. The van der Waals surface area contributed by atoms with Crippen molar-refractivity contribution >= 4 is 12.1 Å². The van der Waals surface area contributed by atoms with E-state index in [0.717, 1.165) is 11.1 Å². The van der Waals surface area contributed by atoms with Gasteiger partial charge in [0, 0.05) is 5.56 Å². The van der Waals surface area contributed by atoms with Gasteiger partial charge in [0.2, 0.25) is 0 Å². The van der Waals surface area contributed by atoms with E-state index in [2.05, 4.69) is 20.7 Å². The van der Waals surface area contributed by atoms with E-state index in [1.165, 1.54) is 18.3 Å². The summed E-state index contributed by atoms with van der Waals surface area (Å²) in [5.41, 5.74) is 5.65. The molecule has 0 spiro atoms. The molecule has 0 fully saturated rings. The molecule has 1 amide bonds. The van der Waals surface area contributed by atoms with Crippen molar-refractivity contribution in [1.29, 1.82) is 0 Å². The molecular weight excluding hydrogens is 423 g/mol. The van der Waals surface area contributed by atoms with Crippen LogP contribution in [0.5, 0.6) is 11.5 Å². The third-order valence-corrected chi connectivity index (χ3v) is 4.77. The van der Waals surface area contributed by atoms with Gasteiger partial charge in [0.15, 0.2) is 11.5 Å². The first kappa shape index (κ1) is 21.8. The molecule has 0 aliphatic rings. The van der Waals surface area contributed by atoms with Crippen molar-refractivity contribution in [3.05, 3.63) is 102 Å². The number of hydrogen-bond acceptors (Lipinski definition) is 5. The fourth-order valence-electron chi connectivity index (χ4n) is 3.05. The van der Waals surface area contributed by atoms with Crippen LogP contribution in [0.15, 0.2) is 84.0 Å². The van der Waals surface area contributed by atoms with Gasteiger partial charge in [0.1, 0.15) is 18.1 Å². The lowest BCUT2D eigenvalue weighted by molar-refractivity contribution is 0.0950. The van der Waals surface area contributed by atoms with E-state index in [1.54, 1.807) is 43.5 Å². The number of H-pyrrole nitrogens is 1. The molecule has 4 rings (SSSR count). The van der Waals surface area contributed by atoms with Gasteiger partial charge >= 0.3 is 0 Å². The topological polar surface area (TPSA) is 88.6 Å². The van der Waals surface area contributed by atoms with E-state index in [4.69, 9.17) is 9.47 Å². The Balaban J connectivity index is 1.39. The van der Waals surface area contributed by atoms with Crippen LogP contribution in [0.2, 0.25) is 0 Å². The molecule has 166 valence electrons. The Kier molecular flexibility index (Phi) is 6.75. The summed E-state index contributed by atoms with van der Waals surface area (Å²) in [4.78, 5) is 12.4. The standard InChI is InChI=1S/C25H21FN4O3/c1-32-23-12-7-18(13-24(23)33-16-17-5-3-2-4-6-17)15-27-30-25(31)22-14-21(28-29-22)19-8-10-20(26)11-9-19/h2-15H,16H2,1H3,(H,28,29)(H,30,31). The van der Waals surface area contributed by atoms with Crippen LogP contribution in [-0.4, -0.2) is 29.4 Å². The monoisotopic (exact) mass is 444 g/mol. The molecule has 4 aromatic rings. The van der Waals surface area contributed by atoms with Crippen molar-refractivity contribution in [3.8, 4) is 22.8 Å². The Morgan fingerprint density at radius 1 is 1.06 bits per heavy atom. The third-order valence-electron chi connectivity index (χ3n) is 4.77. The van der Waals surface area contributed by atoms with E-state index in [9.17, 15) is 9.18 Å². The number of aromatic nitrogens is 2. The van der Waals surface area contributed by atoms with Gasteiger partial charge in [0.25, 0.3) is 5.91 Å². The van der Waals surface area contributed by atoms with Gasteiger partial charge in [-0.25, -0.2) is 9.82 Å². The Morgan fingerprint density at radius 2 is 1.85 bits per heavy atom. The molecule has 2 N–H and O–H groups in total. The van der Waals surface area contributed by atoms with E-state index in [-0.39, 0.29) is 11.5 Å². The fourth-order valence-corrected chi connectivity index (χ4v) is 3.05. The number of hydrazone groups is 1. The van der Waals surface area contributed by atoms with Crippen molar-refractivity contribution in [2.45, 2.75) is 6.61 Å². The average molecular weight is 444 g/mol. The number of halogens is 1. The molecule has 0 radical (unpaired) electrons. The zero-order valence-electron chi connectivity index (χ0n) is 17.8. The van der Waals surface area contributed by atoms with Crippen molar-refractivity contribution in [2.24, 2.45) is 5.10 Å². The largest absolute Gasteiger partial charge is 0.493 e. The molecule has 1 heterocycles. The van der Waals surface area contributed by atoms with Gasteiger partial charge in [-0.2, -0.15) is 10.2 Å². The number of amides is 1. The maximum Gasteiger partial charge on any atom is 0.289 e. The molecule has 0 bridgehead atoms.